The van der Waals surface area contributed by atoms with E-state index in [0.717, 1.165) is 0 Å². The van der Waals surface area contributed by atoms with Crippen LogP contribution in [0.1, 0.15) is 17.5 Å². The Bertz CT molecular complexity index is 877. The molecule has 25 heavy (non-hydrogen) atoms. The van der Waals surface area contributed by atoms with Gasteiger partial charge in [0.15, 0.2) is 0 Å². The van der Waals surface area contributed by atoms with Gasteiger partial charge in [0.1, 0.15) is 23.6 Å². The van der Waals surface area contributed by atoms with E-state index in [1.54, 1.807) is 30.3 Å². The lowest BCUT2D eigenvalue weighted by Gasteiger charge is -2.06. The number of rotatable bonds is 6. The topological polar surface area (TPSA) is 55.1 Å². The lowest BCUT2D eigenvalue weighted by atomic mass is 10.0. The smallest absolute Gasteiger partial charge is 0.220 e. The summed E-state index contributed by atoms with van der Waals surface area (Å²) in [6.07, 6.45) is 2.03. The Kier molecular flexibility index (Phi) is 5.18. The number of benzene rings is 2. The highest BCUT2D eigenvalue weighted by Gasteiger charge is 2.13. The Hall–Kier alpha value is -3.02. The molecule has 0 unspecified atom stereocenters. The first-order valence-electron chi connectivity index (χ1n) is 7.83. The van der Waals surface area contributed by atoms with Crippen LogP contribution < -0.4 is 5.32 Å². The second-order valence-electron chi connectivity index (χ2n) is 5.57. The van der Waals surface area contributed by atoms with Gasteiger partial charge in [-0.2, -0.15) is 0 Å². The van der Waals surface area contributed by atoms with Gasteiger partial charge in [-0.3, -0.25) is 4.79 Å². The Morgan fingerprint density at radius 1 is 1.08 bits per heavy atom. The summed E-state index contributed by atoms with van der Waals surface area (Å²) in [4.78, 5) is 12.0. The number of carbonyl (C=O) groups excluding carboxylic acids is 1. The monoisotopic (exact) mass is 342 g/mol. The number of amides is 1. The summed E-state index contributed by atoms with van der Waals surface area (Å²) in [7, 11) is 0. The van der Waals surface area contributed by atoms with E-state index in [1.165, 1.54) is 24.5 Å². The van der Waals surface area contributed by atoms with Crippen LogP contribution in [0, 0.1) is 11.6 Å². The molecule has 6 heteroatoms. The second-order valence-corrected chi connectivity index (χ2v) is 5.57. The molecule has 0 aliphatic rings. The molecule has 1 aromatic heterocycles. The van der Waals surface area contributed by atoms with Crippen molar-refractivity contribution in [2.75, 3.05) is 0 Å². The van der Waals surface area contributed by atoms with Crippen molar-refractivity contribution in [1.29, 1.82) is 0 Å². The highest BCUT2D eigenvalue weighted by atomic mass is 19.1. The standard InChI is InChI=1S/C19H16F2N2O2/c20-16-6-3-5-13(10-16)19-15(12-25-23-19)8-9-18(24)22-11-14-4-1-2-7-17(14)21/h1-7,10,12H,8-9,11H2,(H,22,24). The second kappa shape index (κ2) is 7.70. The van der Waals surface area contributed by atoms with E-state index in [2.05, 4.69) is 10.5 Å². The summed E-state index contributed by atoms with van der Waals surface area (Å²) >= 11 is 0. The number of hydrogen-bond donors (Lipinski definition) is 1. The maximum absolute atomic E-state index is 13.5. The van der Waals surface area contributed by atoms with E-state index in [4.69, 9.17) is 4.52 Å². The first kappa shape index (κ1) is 16.8. The zero-order valence-corrected chi connectivity index (χ0v) is 13.3. The molecule has 0 spiro atoms. The number of hydrogen-bond acceptors (Lipinski definition) is 3. The Labute approximate surface area is 143 Å². The van der Waals surface area contributed by atoms with Gasteiger partial charge in [-0.05, 0) is 24.6 Å². The van der Waals surface area contributed by atoms with Crippen molar-refractivity contribution in [3.05, 3.63) is 77.6 Å². The quantitative estimate of drug-likeness (QED) is 0.740. The maximum atomic E-state index is 13.5. The fraction of sp³-hybridized carbons (Fsp3) is 0.158. The van der Waals surface area contributed by atoms with Gasteiger partial charge < -0.3 is 9.84 Å². The van der Waals surface area contributed by atoms with Crippen LogP contribution in [-0.2, 0) is 17.8 Å². The van der Waals surface area contributed by atoms with Gasteiger partial charge in [0, 0.05) is 29.7 Å². The van der Waals surface area contributed by atoms with Gasteiger partial charge in [0.05, 0.1) is 0 Å². The largest absolute Gasteiger partial charge is 0.364 e. The molecule has 0 fully saturated rings. The molecule has 2 aromatic carbocycles. The Morgan fingerprint density at radius 3 is 2.72 bits per heavy atom. The van der Waals surface area contributed by atoms with Gasteiger partial charge in [0.25, 0.3) is 0 Å². The van der Waals surface area contributed by atoms with Crippen molar-refractivity contribution >= 4 is 5.91 Å². The van der Waals surface area contributed by atoms with Crippen LogP contribution in [0.25, 0.3) is 11.3 Å². The minimum Gasteiger partial charge on any atom is -0.364 e. The molecule has 128 valence electrons. The molecule has 0 radical (unpaired) electrons. The normalized spacial score (nSPS) is 10.6. The molecule has 0 aliphatic carbocycles. The Balaban J connectivity index is 1.58. The number of aryl methyl sites for hydroxylation is 1. The fourth-order valence-electron chi connectivity index (χ4n) is 2.48. The predicted molar refractivity (Wildman–Crippen MR) is 88.5 cm³/mol. The lowest BCUT2D eigenvalue weighted by Crippen LogP contribution is -2.23. The molecule has 0 aliphatic heterocycles. The summed E-state index contributed by atoms with van der Waals surface area (Å²) in [5, 5.41) is 6.57. The molecule has 3 rings (SSSR count). The number of nitrogens with one attached hydrogen (secondary N) is 1. The molecule has 1 N–H and O–H groups in total. The van der Waals surface area contributed by atoms with E-state index >= 15 is 0 Å². The van der Waals surface area contributed by atoms with Crippen LogP contribution in [0.5, 0.6) is 0 Å². The third-order valence-electron chi connectivity index (χ3n) is 3.80. The lowest BCUT2D eigenvalue weighted by molar-refractivity contribution is -0.121. The average molecular weight is 342 g/mol. The third kappa shape index (κ3) is 4.29. The van der Waals surface area contributed by atoms with Crippen LogP contribution in [0.15, 0.2) is 59.3 Å². The zero-order chi connectivity index (χ0) is 17.6. The van der Waals surface area contributed by atoms with E-state index in [0.29, 0.717) is 28.8 Å². The van der Waals surface area contributed by atoms with Crippen molar-refractivity contribution in [1.82, 2.24) is 10.5 Å². The van der Waals surface area contributed by atoms with Crippen molar-refractivity contribution in [2.24, 2.45) is 0 Å². The Morgan fingerprint density at radius 2 is 1.92 bits per heavy atom. The first-order valence-corrected chi connectivity index (χ1v) is 7.83. The molecule has 0 saturated carbocycles. The number of halogens is 2. The summed E-state index contributed by atoms with van der Waals surface area (Å²) < 4.78 is 31.8. The minimum absolute atomic E-state index is 0.131. The van der Waals surface area contributed by atoms with Crippen molar-refractivity contribution in [2.45, 2.75) is 19.4 Å². The van der Waals surface area contributed by atoms with Gasteiger partial charge >= 0.3 is 0 Å². The van der Waals surface area contributed by atoms with Crippen molar-refractivity contribution in [3.63, 3.8) is 0 Å². The van der Waals surface area contributed by atoms with E-state index in [9.17, 15) is 13.6 Å². The van der Waals surface area contributed by atoms with E-state index < -0.39 is 0 Å². The third-order valence-corrected chi connectivity index (χ3v) is 3.80. The molecule has 3 aromatic rings. The van der Waals surface area contributed by atoms with Crippen molar-refractivity contribution in [3.8, 4) is 11.3 Å². The highest BCUT2D eigenvalue weighted by Crippen LogP contribution is 2.23. The van der Waals surface area contributed by atoms with Crippen LogP contribution in [0.2, 0.25) is 0 Å². The van der Waals surface area contributed by atoms with E-state index in [-0.39, 0.29) is 30.5 Å². The predicted octanol–water partition coefficient (Wildman–Crippen LogP) is 3.87. The SMILES string of the molecule is O=C(CCc1conc1-c1cccc(F)c1)NCc1ccccc1F. The van der Waals surface area contributed by atoms with Gasteiger partial charge in [0.2, 0.25) is 5.91 Å². The summed E-state index contributed by atoms with van der Waals surface area (Å²) in [5.74, 6) is -0.932. The summed E-state index contributed by atoms with van der Waals surface area (Å²) in [6.45, 7) is 0.131. The maximum Gasteiger partial charge on any atom is 0.220 e. The van der Waals surface area contributed by atoms with Gasteiger partial charge in [-0.15, -0.1) is 0 Å². The number of nitrogens with zero attached hydrogens (tertiary/aromatic N) is 1. The minimum atomic E-state index is -0.367. The summed E-state index contributed by atoms with van der Waals surface area (Å²) in [5.41, 5.74) is 2.25. The number of aromatic nitrogens is 1. The van der Waals surface area contributed by atoms with Crippen LogP contribution in [0.4, 0.5) is 8.78 Å². The van der Waals surface area contributed by atoms with Crippen LogP contribution in [-0.4, -0.2) is 11.1 Å². The van der Waals surface area contributed by atoms with Crippen LogP contribution >= 0.6 is 0 Å². The number of carbonyl (C=O) groups is 1. The summed E-state index contributed by atoms with van der Waals surface area (Å²) in [6, 6.07) is 12.3. The molecule has 1 heterocycles. The zero-order valence-electron chi connectivity index (χ0n) is 13.3. The van der Waals surface area contributed by atoms with E-state index in [1.807, 2.05) is 0 Å². The molecule has 4 nitrogen and oxygen atoms in total. The molecule has 0 saturated heterocycles. The van der Waals surface area contributed by atoms with Crippen molar-refractivity contribution < 1.29 is 18.1 Å². The molecule has 1 amide bonds. The van der Waals surface area contributed by atoms with Crippen LogP contribution in [0.3, 0.4) is 0 Å². The highest BCUT2D eigenvalue weighted by molar-refractivity contribution is 5.76. The first-order chi connectivity index (χ1) is 12.1. The van der Waals surface area contributed by atoms with Gasteiger partial charge in [-0.1, -0.05) is 35.5 Å². The molecule has 0 bridgehead atoms. The molecular weight excluding hydrogens is 326 g/mol. The van der Waals surface area contributed by atoms with Gasteiger partial charge in [-0.25, -0.2) is 8.78 Å². The fourth-order valence-corrected chi connectivity index (χ4v) is 2.48. The molecular formula is C19H16F2N2O2. The molecule has 0 atom stereocenters. The average Bonchev–Trinajstić information content (AvgIpc) is 3.08.